The maximum atomic E-state index is 5.89. The molecule has 0 spiro atoms. The Bertz CT molecular complexity index is 483. The van der Waals surface area contributed by atoms with Crippen LogP contribution in [-0.4, -0.2) is 9.97 Å². The molecular formula is C17H25N3. The van der Waals surface area contributed by atoms with Gasteiger partial charge in [-0.15, -0.1) is 0 Å². The quantitative estimate of drug-likeness (QED) is 0.914. The minimum Gasteiger partial charge on any atom is -0.368 e. The largest absolute Gasteiger partial charge is 0.368 e. The average Bonchev–Trinajstić information content (AvgIpc) is 2.40. The third kappa shape index (κ3) is 1.94. The van der Waals surface area contributed by atoms with Crippen LogP contribution in [0.4, 0.5) is 5.95 Å². The molecule has 4 aliphatic rings. The van der Waals surface area contributed by atoms with Crippen molar-refractivity contribution in [2.24, 2.45) is 23.7 Å². The predicted octanol–water partition coefficient (Wildman–Crippen LogP) is 3.55. The summed E-state index contributed by atoms with van der Waals surface area (Å²) in [7, 11) is 0. The number of nitrogen functional groups attached to an aromatic ring is 1. The predicted molar refractivity (Wildman–Crippen MR) is 80.2 cm³/mol. The lowest BCUT2D eigenvalue weighted by Gasteiger charge is -2.54. The molecule has 0 radical (unpaired) electrons. The van der Waals surface area contributed by atoms with Crippen LogP contribution in [0, 0.1) is 23.7 Å². The summed E-state index contributed by atoms with van der Waals surface area (Å²) in [6.45, 7) is 2.23. The van der Waals surface area contributed by atoms with Crippen molar-refractivity contribution in [2.75, 3.05) is 5.73 Å². The van der Waals surface area contributed by atoms with Gasteiger partial charge in [-0.1, -0.05) is 13.3 Å². The van der Waals surface area contributed by atoms with Gasteiger partial charge in [0.1, 0.15) is 0 Å². The van der Waals surface area contributed by atoms with Crippen molar-refractivity contribution in [1.82, 2.24) is 9.97 Å². The summed E-state index contributed by atoms with van der Waals surface area (Å²) < 4.78 is 0. The molecule has 0 amide bonds. The average molecular weight is 271 g/mol. The second-order valence-electron chi connectivity index (χ2n) is 7.35. The molecule has 5 rings (SSSR count). The van der Waals surface area contributed by atoms with Crippen LogP contribution in [0.2, 0.25) is 0 Å². The minimum absolute atomic E-state index is 0.466. The molecule has 1 heterocycles. The van der Waals surface area contributed by atoms with Gasteiger partial charge in [0.25, 0.3) is 0 Å². The molecule has 2 N–H and O–H groups in total. The second kappa shape index (κ2) is 4.71. The van der Waals surface area contributed by atoms with Gasteiger partial charge in [0.2, 0.25) is 5.95 Å². The third-order valence-corrected chi connectivity index (χ3v) is 5.98. The Morgan fingerprint density at radius 2 is 1.75 bits per heavy atom. The summed E-state index contributed by atoms with van der Waals surface area (Å²) in [6, 6.07) is 0. The van der Waals surface area contributed by atoms with Gasteiger partial charge in [0.05, 0.1) is 5.69 Å². The molecule has 3 nitrogen and oxygen atoms in total. The van der Waals surface area contributed by atoms with Gasteiger partial charge in [-0.05, 0) is 67.8 Å². The molecule has 108 valence electrons. The first-order valence-corrected chi connectivity index (χ1v) is 8.35. The molecule has 0 saturated heterocycles. The van der Waals surface area contributed by atoms with Crippen molar-refractivity contribution in [3.05, 3.63) is 17.5 Å². The van der Waals surface area contributed by atoms with Gasteiger partial charge < -0.3 is 5.73 Å². The first-order valence-electron chi connectivity index (χ1n) is 8.35. The Kier molecular flexibility index (Phi) is 2.97. The highest BCUT2D eigenvalue weighted by molar-refractivity contribution is 5.30. The van der Waals surface area contributed by atoms with Crippen LogP contribution in [0.3, 0.4) is 0 Å². The van der Waals surface area contributed by atoms with Gasteiger partial charge in [-0.2, -0.15) is 0 Å². The summed E-state index contributed by atoms with van der Waals surface area (Å²) in [6.07, 6.45) is 11.5. The first-order chi connectivity index (χ1) is 9.74. The molecule has 0 unspecified atom stereocenters. The Balaban J connectivity index is 1.71. The van der Waals surface area contributed by atoms with Crippen LogP contribution in [0.15, 0.2) is 6.20 Å². The van der Waals surface area contributed by atoms with E-state index in [1.54, 1.807) is 0 Å². The van der Waals surface area contributed by atoms with E-state index in [1.165, 1.54) is 43.4 Å². The number of aryl methyl sites for hydroxylation is 1. The highest BCUT2D eigenvalue weighted by Gasteiger charge is 2.49. The zero-order valence-electron chi connectivity index (χ0n) is 12.4. The van der Waals surface area contributed by atoms with Crippen LogP contribution in [-0.2, 0) is 6.42 Å². The highest BCUT2D eigenvalue weighted by Crippen LogP contribution is 2.59. The van der Waals surface area contributed by atoms with E-state index in [0.29, 0.717) is 11.9 Å². The van der Waals surface area contributed by atoms with Crippen molar-refractivity contribution >= 4 is 5.95 Å². The highest BCUT2D eigenvalue weighted by atomic mass is 15.0. The maximum Gasteiger partial charge on any atom is 0.220 e. The zero-order chi connectivity index (χ0) is 13.7. The van der Waals surface area contributed by atoms with E-state index in [1.807, 2.05) is 6.20 Å². The Labute approximate surface area is 121 Å². The first kappa shape index (κ1) is 12.6. The topological polar surface area (TPSA) is 51.8 Å². The fraction of sp³-hybridized carbons (Fsp3) is 0.765. The van der Waals surface area contributed by atoms with E-state index in [-0.39, 0.29) is 0 Å². The number of hydrogen-bond donors (Lipinski definition) is 1. The van der Waals surface area contributed by atoms with Gasteiger partial charge in [-0.25, -0.2) is 9.97 Å². The lowest BCUT2D eigenvalue weighted by Crippen LogP contribution is -2.44. The van der Waals surface area contributed by atoms with Gasteiger partial charge in [0, 0.05) is 12.1 Å². The number of hydrogen-bond acceptors (Lipinski definition) is 3. The van der Waals surface area contributed by atoms with Crippen molar-refractivity contribution in [3.8, 4) is 0 Å². The maximum absolute atomic E-state index is 5.89. The molecule has 0 aliphatic heterocycles. The molecule has 4 aliphatic carbocycles. The molecule has 4 saturated carbocycles. The van der Waals surface area contributed by atoms with E-state index in [0.717, 1.165) is 36.5 Å². The zero-order valence-corrected chi connectivity index (χ0v) is 12.4. The van der Waals surface area contributed by atoms with Gasteiger partial charge in [0.15, 0.2) is 0 Å². The smallest absolute Gasteiger partial charge is 0.220 e. The molecule has 1 aromatic rings. The van der Waals surface area contributed by atoms with Crippen LogP contribution in [0.1, 0.15) is 62.6 Å². The second-order valence-corrected chi connectivity index (χ2v) is 7.35. The summed E-state index contributed by atoms with van der Waals surface area (Å²) in [5.74, 6) is 4.92. The molecular weight excluding hydrogens is 246 g/mol. The van der Waals surface area contributed by atoms with E-state index < -0.39 is 0 Å². The van der Waals surface area contributed by atoms with Gasteiger partial charge in [-0.3, -0.25) is 0 Å². The SMILES string of the molecule is CCCc1cnc(N)nc1C1C2CC3CC(C2)CC1C3. The van der Waals surface area contributed by atoms with E-state index in [9.17, 15) is 0 Å². The van der Waals surface area contributed by atoms with E-state index in [4.69, 9.17) is 10.7 Å². The van der Waals surface area contributed by atoms with Crippen LogP contribution in [0.5, 0.6) is 0 Å². The van der Waals surface area contributed by atoms with E-state index in [2.05, 4.69) is 11.9 Å². The fourth-order valence-electron chi connectivity index (χ4n) is 5.56. The summed E-state index contributed by atoms with van der Waals surface area (Å²) >= 11 is 0. The molecule has 0 aromatic carbocycles. The molecule has 4 fully saturated rings. The van der Waals surface area contributed by atoms with Crippen LogP contribution >= 0.6 is 0 Å². The summed E-state index contributed by atoms with van der Waals surface area (Å²) in [4.78, 5) is 8.94. The molecule has 4 bridgehead atoms. The molecule has 1 aromatic heterocycles. The van der Waals surface area contributed by atoms with Crippen molar-refractivity contribution in [2.45, 2.75) is 57.8 Å². The number of nitrogens with two attached hydrogens (primary N) is 1. The lowest BCUT2D eigenvalue weighted by atomic mass is 9.51. The number of anilines is 1. The standard InChI is InChI=1S/C17H25N3/c1-2-3-12-9-19-17(18)20-16(12)15-13-5-10-4-11(7-13)8-14(15)6-10/h9-11,13-15H,2-8H2,1H3,(H2,18,19,20). The number of nitrogens with zero attached hydrogens (tertiary/aromatic N) is 2. The third-order valence-electron chi connectivity index (χ3n) is 5.98. The Hall–Kier alpha value is -1.12. The Morgan fingerprint density at radius 1 is 1.10 bits per heavy atom. The normalized spacial score (nSPS) is 38.4. The fourth-order valence-corrected chi connectivity index (χ4v) is 5.56. The van der Waals surface area contributed by atoms with Gasteiger partial charge >= 0.3 is 0 Å². The summed E-state index contributed by atoms with van der Waals surface area (Å²) in [5.41, 5.74) is 8.57. The summed E-state index contributed by atoms with van der Waals surface area (Å²) in [5, 5.41) is 0. The number of aromatic nitrogens is 2. The van der Waals surface area contributed by atoms with Crippen molar-refractivity contribution < 1.29 is 0 Å². The van der Waals surface area contributed by atoms with Crippen molar-refractivity contribution in [3.63, 3.8) is 0 Å². The Morgan fingerprint density at radius 3 is 2.35 bits per heavy atom. The van der Waals surface area contributed by atoms with E-state index >= 15 is 0 Å². The lowest BCUT2D eigenvalue weighted by molar-refractivity contribution is -0.00445. The molecule has 3 heteroatoms. The minimum atomic E-state index is 0.466. The van der Waals surface area contributed by atoms with Crippen molar-refractivity contribution in [1.29, 1.82) is 0 Å². The van der Waals surface area contributed by atoms with Crippen LogP contribution < -0.4 is 5.73 Å². The molecule has 20 heavy (non-hydrogen) atoms. The van der Waals surface area contributed by atoms with Crippen LogP contribution in [0.25, 0.3) is 0 Å². The monoisotopic (exact) mass is 271 g/mol. The number of rotatable bonds is 3. The molecule has 0 atom stereocenters.